The van der Waals surface area contributed by atoms with E-state index in [1.54, 1.807) is 6.92 Å². The summed E-state index contributed by atoms with van der Waals surface area (Å²) in [5, 5.41) is 0. The number of rotatable bonds is 3. The topological polar surface area (TPSA) is 60.4 Å². The van der Waals surface area contributed by atoms with Crippen molar-refractivity contribution in [3.63, 3.8) is 0 Å². The fraction of sp³-hybridized carbons (Fsp3) is 0.727. The van der Waals surface area contributed by atoms with Crippen molar-refractivity contribution in [3.05, 3.63) is 0 Å². The van der Waals surface area contributed by atoms with Crippen molar-refractivity contribution >= 4 is 17.5 Å². The zero-order chi connectivity index (χ0) is 11.4. The van der Waals surface area contributed by atoms with Gasteiger partial charge in [0.05, 0.1) is 6.61 Å². The summed E-state index contributed by atoms with van der Waals surface area (Å²) in [6.07, 6.45) is 1.57. The molecule has 84 valence electrons. The summed E-state index contributed by atoms with van der Waals surface area (Å²) in [6, 6.07) is 0. The molecule has 0 saturated heterocycles. The standard InChI is InChI=1S/C11H16O4/c1-3-7-5-6-8(12)9(10(7)13)11(14)15-4-2/h7,9H,3-6H2,1-2H3. The summed E-state index contributed by atoms with van der Waals surface area (Å²) in [6.45, 7) is 3.75. The molecule has 0 aromatic carbocycles. The van der Waals surface area contributed by atoms with E-state index in [0.717, 1.165) is 0 Å². The van der Waals surface area contributed by atoms with Crippen LogP contribution in [0.15, 0.2) is 0 Å². The molecule has 0 aliphatic heterocycles. The normalized spacial score (nSPS) is 26.5. The summed E-state index contributed by atoms with van der Waals surface area (Å²) in [4.78, 5) is 34.6. The highest BCUT2D eigenvalue weighted by Gasteiger charge is 2.41. The van der Waals surface area contributed by atoms with Crippen LogP contribution in [0.3, 0.4) is 0 Å². The van der Waals surface area contributed by atoms with Gasteiger partial charge < -0.3 is 4.74 Å². The lowest BCUT2D eigenvalue weighted by molar-refractivity contribution is -0.157. The van der Waals surface area contributed by atoms with Crippen LogP contribution in [0, 0.1) is 11.8 Å². The van der Waals surface area contributed by atoms with Gasteiger partial charge in [0.2, 0.25) is 0 Å². The van der Waals surface area contributed by atoms with Crippen molar-refractivity contribution in [1.29, 1.82) is 0 Å². The highest BCUT2D eigenvalue weighted by Crippen LogP contribution is 2.26. The molecule has 0 bridgehead atoms. The maximum atomic E-state index is 11.8. The summed E-state index contributed by atoms with van der Waals surface area (Å²) >= 11 is 0. The molecule has 0 N–H and O–H groups in total. The van der Waals surface area contributed by atoms with E-state index < -0.39 is 11.9 Å². The summed E-state index contributed by atoms with van der Waals surface area (Å²) in [5.41, 5.74) is 0. The first-order valence-corrected chi connectivity index (χ1v) is 5.34. The second-order valence-corrected chi connectivity index (χ2v) is 3.70. The molecule has 0 aromatic rings. The summed E-state index contributed by atoms with van der Waals surface area (Å²) < 4.78 is 4.73. The second-order valence-electron chi connectivity index (χ2n) is 3.70. The minimum atomic E-state index is -1.15. The van der Waals surface area contributed by atoms with Crippen LogP contribution in [0.4, 0.5) is 0 Å². The van der Waals surface area contributed by atoms with Crippen LogP contribution in [0.2, 0.25) is 0 Å². The molecule has 4 nitrogen and oxygen atoms in total. The SMILES string of the molecule is CCOC(=O)C1C(=O)CCC(CC)C1=O. The maximum absolute atomic E-state index is 11.8. The molecule has 1 aliphatic carbocycles. The minimum Gasteiger partial charge on any atom is -0.465 e. The van der Waals surface area contributed by atoms with Crippen LogP contribution in [0.25, 0.3) is 0 Å². The Balaban J connectivity index is 2.78. The molecule has 1 aliphatic rings. The van der Waals surface area contributed by atoms with Crippen molar-refractivity contribution < 1.29 is 19.1 Å². The van der Waals surface area contributed by atoms with Gasteiger partial charge in [-0.1, -0.05) is 6.92 Å². The third-order valence-corrected chi connectivity index (χ3v) is 2.76. The largest absolute Gasteiger partial charge is 0.465 e. The fourth-order valence-corrected chi connectivity index (χ4v) is 1.88. The number of Topliss-reactive ketones (excluding diaryl/α,β-unsaturated/α-hetero) is 2. The molecule has 0 radical (unpaired) electrons. The number of hydrogen-bond acceptors (Lipinski definition) is 4. The van der Waals surface area contributed by atoms with Gasteiger partial charge in [-0.25, -0.2) is 0 Å². The van der Waals surface area contributed by atoms with E-state index in [0.29, 0.717) is 19.3 Å². The Kier molecular flexibility index (Phi) is 4.00. The Morgan fingerprint density at radius 3 is 2.60 bits per heavy atom. The fourth-order valence-electron chi connectivity index (χ4n) is 1.88. The first-order chi connectivity index (χ1) is 7.11. The van der Waals surface area contributed by atoms with Gasteiger partial charge in [0, 0.05) is 12.3 Å². The van der Waals surface area contributed by atoms with E-state index in [9.17, 15) is 14.4 Å². The van der Waals surface area contributed by atoms with E-state index in [4.69, 9.17) is 4.74 Å². The van der Waals surface area contributed by atoms with Gasteiger partial charge in [-0.15, -0.1) is 0 Å². The van der Waals surface area contributed by atoms with Crippen LogP contribution in [-0.4, -0.2) is 24.1 Å². The summed E-state index contributed by atoms with van der Waals surface area (Å²) in [7, 11) is 0. The third-order valence-electron chi connectivity index (χ3n) is 2.76. The molecular weight excluding hydrogens is 196 g/mol. The van der Waals surface area contributed by atoms with Gasteiger partial charge in [-0.3, -0.25) is 14.4 Å². The van der Waals surface area contributed by atoms with Crippen LogP contribution in [0.5, 0.6) is 0 Å². The average molecular weight is 212 g/mol. The smallest absolute Gasteiger partial charge is 0.324 e. The highest BCUT2D eigenvalue weighted by molar-refractivity contribution is 6.19. The Bertz CT molecular complexity index is 282. The molecule has 4 heteroatoms. The van der Waals surface area contributed by atoms with Gasteiger partial charge in [0.15, 0.2) is 17.5 Å². The lowest BCUT2D eigenvalue weighted by atomic mass is 9.78. The minimum absolute atomic E-state index is 0.155. The van der Waals surface area contributed by atoms with Crippen molar-refractivity contribution in [3.8, 4) is 0 Å². The summed E-state index contributed by atoms with van der Waals surface area (Å²) in [5.74, 6) is -2.53. The second kappa shape index (κ2) is 5.05. The van der Waals surface area contributed by atoms with Gasteiger partial charge >= 0.3 is 5.97 Å². The van der Waals surface area contributed by atoms with Crippen molar-refractivity contribution in [1.82, 2.24) is 0 Å². The molecule has 1 fully saturated rings. The molecule has 1 rings (SSSR count). The highest BCUT2D eigenvalue weighted by atomic mass is 16.5. The molecule has 1 saturated carbocycles. The molecule has 15 heavy (non-hydrogen) atoms. The van der Waals surface area contributed by atoms with Crippen LogP contribution in [0.1, 0.15) is 33.1 Å². The van der Waals surface area contributed by atoms with E-state index in [2.05, 4.69) is 0 Å². The lowest BCUT2D eigenvalue weighted by Gasteiger charge is -2.24. The first-order valence-electron chi connectivity index (χ1n) is 5.34. The van der Waals surface area contributed by atoms with E-state index in [1.165, 1.54) is 0 Å². The number of ether oxygens (including phenoxy) is 1. The number of hydrogen-bond donors (Lipinski definition) is 0. The number of esters is 1. The Morgan fingerprint density at radius 2 is 2.07 bits per heavy atom. The molecular formula is C11H16O4. The van der Waals surface area contributed by atoms with E-state index >= 15 is 0 Å². The van der Waals surface area contributed by atoms with Gasteiger partial charge in [-0.05, 0) is 19.8 Å². The quantitative estimate of drug-likeness (QED) is 0.519. The van der Waals surface area contributed by atoms with Gasteiger partial charge in [0.1, 0.15) is 0 Å². The predicted molar refractivity (Wildman–Crippen MR) is 53.2 cm³/mol. The molecule has 0 amide bonds. The van der Waals surface area contributed by atoms with Crippen molar-refractivity contribution in [2.75, 3.05) is 6.61 Å². The molecule has 0 heterocycles. The number of carbonyl (C=O) groups excluding carboxylic acids is 3. The zero-order valence-corrected chi connectivity index (χ0v) is 9.12. The predicted octanol–water partition coefficient (Wildman–Crippen LogP) is 1.12. The molecule has 0 aromatic heterocycles. The van der Waals surface area contributed by atoms with E-state index in [-0.39, 0.29) is 24.1 Å². The Hall–Kier alpha value is -1.19. The Labute approximate surface area is 89.0 Å². The van der Waals surface area contributed by atoms with E-state index in [1.807, 2.05) is 6.92 Å². The Morgan fingerprint density at radius 1 is 1.40 bits per heavy atom. The average Bonchev–Trinajstić information content (AvgIpc) is 2.18. The van der Waals surface area contributed by atoms with Crippen LogP contribution in [-0.2, 0) is 19.1 Å². The molecule has 2 atom stereocenters. The lowest BCUT2D eigenvalue weighted by Crippen LogP contribution is -2.41. The zero-order valence-electron chi connectivity index (χ0n) is 9.12. The molecule has 0 spiro atoms. The van der Waals surface area contributed by atoms with Crippen molar-refractivity contribution in [2.45, 2.75) is 33.1 Å². The van der Waals surface area contributed by atoms with Crippen molar-refractivity contribution in [2.24, 2.45) is 11.8 Å². The van der Waals surface area contributed by atoms with Crippen LogP contribution < -0.4 is 0 Å². The monoisotopic (exact) mass is 212 g/mol. The van der Waals surface area contributed by atoms with Gasteiger partial charge in [0.25, 0.3) is 0 Å². The van der Waals surface area contributed by atoms with Gasteiger partial charge in [-0.2, -0.15) is 0 Å². The molecule has 2 unspecified atom stereocenters. The van der Waals surface area contributed by atoms with Crippen LogP contribution >= 0.6 is 0 Å². The number of ketones is 2. The number of carbonyl (C=O) groups is 3. The first kappa shape index (κ1) is 11.9. The third kappa shape index (κ3) is 2.43. The maximum Gasteiger partial charge on any atom is 0.324 e.